The first kappa shape index (κ1) is 7.71. The molecular weight excluding hydrogens is 150 g/mol. The molecule has 1 aliphatic carbocycles. The summed E-state index contributed by atoms with van der Waals surface area (Å²) in [6.07, 6.45) is 6.38. The predicted molar refractivity (Wildman–Crippen MR) is 48.2 cm³/mol. The van der Waals surface area contributed by atoms with Gasteiger partial charge < -0.3 is 0 Å². The first-order chi connectivity index (χ1) is 5.77. The Morgan fingerprint density at radius 2 is 2.33 bits per heavy atom. The van der Waals surface area contributed by atoms with E-state index < -0.39 is 0 Å². The maximum absolute atomic E-state index is 11.1. The third-order valence-corrected chi connectivity index (χ3v) is 2.73. The highest BCUT2D eigenvalue weighted by Gasteiger charge is 2.25. The van der Waals surface area contributed by atoms with E-state index in [-0.39, 0.29) is 5.91 Å². The van der Waals surface area contributed by atoms with Gasteiger partial charge in [-0.3, -0.25) is 4.79 Å². The second-order valence-corrected chi connectivity index (χ2v) is 3.63. The summed E-state index contributed by atoms with van der Waals surface area (Å²) in [5.41, 5.74) is 2.34. The van der Waals surface area contributed by atoms with Crippen LogP contribution < -0.4 is 0 Å². The fraction of sp³-hybridized carbons (Fsp3) is 0.600. The van der Waals surface area contributed by atoms with Crippen molar-refractivity contribution in [3.63, 3.8) is 0 Å². The molecule has 2 rings (SSSR count). The van der Waals surface area contributed by atoms with Crippen LogP contribution in [0.1, 0.15) is 32.6 Å². The molecule has 0 aromatic heterocycles. The van der Waals surface area contributed by atoms with Crippen molar-refractivity contribution in [2.24, 2.45) is 10.9 Å². The lowest BCUT2D eigenvalue weighted by Gasteiger charge is -2.26. The second-order valence-electron chi connectivity index (χ2n) is 3.63. The summed E-state index contributed by atoms with van der Waals surface area (Å²) in [4.78, 5) is 15.1. The molecule has 0 bridgehead atoms. The molecule has 0 N–H and O–H groups in total. The minimum absolute atomic E-state index is 0.0550. The fourth-order valence-corrected chi connectivity index (χ4v) is 2.09. The standard InChI is InChI=1S/C10H13NO/c1-7-6-10(12)11-9-5-3-2-4-8(7)9/h6,8H,2-5H2,1H3. The van der Waals surface area contributed by atoms with Gasteiger partial charge in [0.15, 0.2) is 0 Å². The Bertz CT molecular complexity index is 276. The summed E-state index contributed by atoms with van der Waals surface area (Å²) in [5.74, 6) is 0.442. The Balaban J connectivity index is 2.28. The summed E-state index contributed by atoms with van der Waals surface area (Å²) < 4.78 is 0. The van der Waals surface area contributed by atoms with E-state index >= 15 is 0 Å². The SMILES string of the molecule is CC1=CC(=O)N=C2CCCCC12. The molecule has 1 amide bonds. The lowest BCUT2D eigenvalue weighted by atomic mass is 9.81. The lowest BCUT2D eigenvalue weighted by molar-refractivity contribution is -0.113. The molecular formula is C10H13NO. The number of carbonyl (C=O) groups is 1. The molecule has 1 fully saturated rings. The summed E-state index contributed by atoms with van der Waals surface area (Å²) in [7, 11) is 0. The van der Waals surface area contributed by atoms with Gasteiger partial charge in [0.2, 0.25) is 0 Å². The van der Waals surface area contributed by atoms with Crippen LogP contribution in [0.15, 0.2) is 16.6 Å². The quantitative estimate of drug-likeness (QED) is 0.537. The van der Waals surface area contributed by atoms with Crippen LogP contribution in [0.4, 0.5) is 0 Å². The minimum Gasteiger partial charge on any atom is -0.267 e. The van der Waals surface area contributed by atoms with E-state index in [1.807, 2.05) is 6.92 Å². The molecule has 1 aliphatic heterocycles. The van der Waals surface area contributed by atoms with E-state index in [1.54, 1.807) is 6.08 Å². The van der Waals surface area contributed by atoms with E-state index in [9.17, 15) is 4.79 Å². The highest BCUT2D eigenvalue weighted by molar-refractivity contribution is 6.06. The van der Waals surface area contributed by atoms with Crippen molar-refractivity contribution in [2.75, 3.05) is 0 Å². The number of nitrogens with zero attached hydrogens (tertiary/aromatic N) is 1. The topological polar surface area (TPSA) is 29.4 Å². The number of allylic oxidation sites excluding steroid dienone is 1. The molecule has 64 valence electrons. The Kier molecular flexibility index (Phi) is 1.83. The van der Waals surface area contributed by atoms with Gasteiger partial charge >= 0.3 is 0 Å². The number of fused-ring (bicyclic) bond motifs is 1. The molecule has 1 atom stereocenters. The van der Waals surface area contributed by atoms with Crippen LogP contribution in [0, 0.1) is 5.92 Å². The third kappa shape index (κ3) is 1.22. The molecule has 2 aliphatic rings. The average molecular weight is 163 g/mol. The van der Waals surface area contributed by atoms with Gasteiger partial charge in [-0.15, -0.1) is 0 Å². The van der Waals surface area contributed by atoms with Crippen LogP contribution in [0.2, 0.25) is 0 Å². The van der Waals surface area contributed by atoms with Gasteiger partial charge in [0, 0.05) is 17.7 Å². The van der Waals surface area contributed by atoms with Crippen molar-refractivity contribution >= 4 is 11.6 Å². The molecule has 12 heavy (non-hydrogen) atoms. The summed E-state index contributed by atoms with van der Waals surface area (Å²) in [6.45, 7) is 2.04. The van der Waals surface area contributed by atoms with Crippen LogP contribution in [0.25, 0.3) is 0 Å². The molecule has 1 heterocycles. The first-order valence-electron chi connectivity index (χ1n) is 4.57. The van der Waals surface area contributed by atoms with Gasteiger partial charge in [-0.2, -0.15) is 0 Å². The monoisotopic (exact) mass is 163 g/mol. The van der Waals surface area contributed by atoms with Crippen LogP contribution in [0.5, 0.6) is 0 Å². The van der Waals surface area contributed by atoms with E-state index in [0.29, 0.717) is 5.92 Å². The molecule has 2 nitrogen and oxygen atoms in total. The number of carbonyl (C=O) groups excluding carboxylic acids is 1. The zero-order valence-electron chi connectivity index (χ0n) is 7.34. The summed E-state index contributed by atoms with van der Waals surface area (Å²) >= 11 is 0. The van der Waals surface area contributed by atoms with Gasteiger partial charge in [0.25, 0.3) is 5.91 Å². The normalized spacial score (nSPS) is 29.1. The van der Waals surface area contributed by atoms with Gasteiger partial charge in [-0.05, 0) is 26.2 Å². The molecule has 0 aromatic rings. The zero-order valence-corrected chi connectivity index (χ0v) is 7.34. The maximum atomic E-state index is 11.1. The van der Waals surface area contributed by atoms with Crippen LogP contribution in [-0.2, 0) is 4.79 Å². The number of amides is 1. The molecule has 2 heteroatoms. The van der Waals surface area contributed by atoms with Crippen LogP contribution in [0.3, 0.4) is 0 Å². The summed E-state index contributed by atoms with van der Waals surface area (Å²) in [5, 5.41) is 0. The number of dihydropyridines is 1. The van der Waals surface area contributed by atoms with Crippen LogP contribution >= 0.6 is 0 Å². The number of aliphatic imine (C=N–C) groups is 1. The average Bonchev–Trinajstić information content (AvgIpc) is 2.04. The highest BCUT2D eigenvalue weighted by Crippen LogP contribution is 2.29. The predicted octanol–water partition coefficient (Wildman–Crippen LogP) is 2.10. The zero-order chi connectivity index (χ0) is 8.55. The molecule has 0 spiro atoms. The Morgan fingerprint density at radius 1 is 1.50 bits per heavy atom. The van der Waals surface area contributed by atoms with E-state index in [1.165, 1.54) is 24.8 Å². The Labute approximate surface area is 72.4 Å². The second kappa shape index (κ2) is 2.85. The van der Waals surface area contributed by atoms with Crippen molar-refractivity contribution in [3.05, 3.63) is 11.6 Å². The van der Waals surface area contributed by atoms with E-state index in [0.717, 1.165) is 12.1 Å². The molecule has 1 unspecified atom stereocenters. The molecule has 0 radical (unpaired) electrons. The maximum Gasteiger partial charge on any atom is 0.269 e. The van der Waals surface area contributed by atoms with Crippen molar-refractivity contribution in [1.82, 2.24) is 0 Å². The van der Waals surface area contributed by atoms with E-state index in [4.69, 9.17) is 0 Å². The van der Waals surface area contributed by atoms with Gasteiger partial charge in [0.05, 0.1) is 0 Å². The van der Waals surface area contributed by atoms with Gasteiger partial charge in [0.1, 0.15) is 0 Å². The summed E-state index contributed by atoms with van der Waals surface area (Å²) in [6, 6.07) is 0. The van der Waals surface area contributed by atoms with Crippen LogP contribution in [-0.4, -0.2) is 11.6 Å². The van der Waals surface area contributed by atoms with Crippen molar-refractivity contribution in [3.8, 4) is 0 Å². The van der Waals surface area contributed by atoms with Crippen molar-refractivity contribution in [2.45, 2.75) is 32.6 Å². The smallest absolute Gasteiger partial charge is 0.267 e. The lowest BCUT2D eigenvalue weighted by Crippen LogP contribution is -2.24. The molecule has 0 saturated heterocycles. The molecule has 1 saturated carbocycles. The Hall–Kier alpha value is -0.920. The number of hydrogen-bond donors (Lipinski definition) is 0. The van der Waals surface area contributed by atoms with Gasteiger partial charge in [-0.25, -0.2) is 4.99 Å². The number of rotatable bonds is 0. The first-order valence-corrected chi connectivity index (χ1v) is 4.57. The van der Waals surface area contributed by atoms with Crippen molar-refractivity contribution < 1.29 is 4.79 Å². The Morgan fingerprint density at radius 3 is 3.17 bits per heavy atom. The largest absolute Gasteiger partial charge is 0.269 e. The van der Waals surface area contributed by atoms with Gasteiger partial charge in [-0.1, -0.05) is 12.0 Å². The fourth-order valence-electron chi connectivity index (χ4n) is 2.09. The minimum atomic E-state index is -0.0550. The van der Waals surface area contributed by atoms with E-state index in [2.05, 4.69) is 4.99 Å². The van der Waals surface area contributed by atoms with Crippen molar-refractivity contribution in [1.29, 1.82) is 0 Å². The highest BCUT2D eigenvalue weighted by atomic mass is 16.1. The third-order valence-electron chi connectivity index (χ3n) is 2.73. The number of hydrogen-bond acceptors (Lipinski definition) is 1. The molecule has 0 aromatic carbocycles.